The van der Waals surface area contributed by atoms with Crippen molar-refractivity contribution in [1.82, 2.24) is 5.32 Å². The predicted molar refractivity (Wildman–Crippen MR) is 95.1 cm³/mol. The number of hydrogen-bond acceptors (Lipinski definition) is 3. The highest BCUT2D eigenvalue weighted by Crippen LogP contribution is 2.25. The Bertz CT molecular complexity index is 712. The minimum atomic E-state index is -0.973. The van der Waals surface area contributed by atoms with Gasteiger partial charge in [-0.05, 0) is 25.0 Å². The second-order valence-electron chi connectivity index (χ2n) is 6.05. The molecule has 0 heterocycles. The van der Waals surface area contributed by atoms with Gasteiger partial charge in [-0.1, -0.05) is 60.2 Å². The summed E-state index contributed by atoms with van der Waals surface area (Å²) in [5.41, 5.74) is 2.53. The summed E-state index contributed by atoms with van der Waals surface area (Å²) in [6, 6.07) is 15.9. The van der Waals surface area contributed by atoms with Crippen molar-refractivity contribution in [3.63, 3.8) is 0 Å². The molecule has 25 heavy (non-hydrogen) atoms. The number of carbonyl (C=O) groups excluding carboxylic acids is 1. The Hall–Kier alpha value is -2.66. The second-order valence-corrected chi connectivity index (χ2v) is 6.05. The second kappa shape index (κ2) is 8.44. The molecule has 0 aliphatic carbocycles. The van der Waals surface area contributed by atoms with Crippen molar-refractivity contribution in [3.8, 4) is 0 Å². The van der Waals surface area contributed by atoms with Gasteiger partial charge in [0.15, 0.2) is 6.10 Å². The van der Waals surface area contributed by atoms with Gasteiger partial charge in [0.2, 0.25) is 0 Å². The molecule has 5 heteroatoms. The first kappa shape index (κ1) is 18.7. The summed E-state index contributed by atoms with van der Waals surface area (Å²) in [6.07, 6.45) is -0.796. The van der Waals surface area contributed by atoms with Gasteiger partial charge < -0.3 is 15.2 Å². The Morgan fingerprint density at radius 1 is 1.00 bits per heavy atom. The van der Waals surface area contributed by atoms with E-state index in [1.54, 1.807) is 19.1 Å². The van der Waals surface area contributed by atoms with E-state index in [1.807, 2.05) is 49.4 Å². The molecule has 0 aliphatic rings. The highest BCUT2D eigenvalue weighted by molar-refractivity contribution is 5.83. The number of hydrogen-bond donors (Lipinski definition) is 2. The summed E-state index contributed by atoms with van der Waals surface area (Å²) >= 11 is 0. The van der Waals surface area contributed by atoms with Crippen LogP contribution in [-0.4, -0.2) is 24.1 Å². The molecule has 3 atom stereocenters. The zero-order valence-electron chi connectivity index (χ0n) is 14.6. The number of rotatable bonds is 7. The molecule has 2 aromatic carbocycles. The summed E-state index contributed by atoms with van der Waals surface area (Å²) < 4.78 is 5.33. The third-order valence-electron chi connectivity index (χ3n) is 4.20. The molecular weight excluding hydrogens is 318 g/mol. The van der Waals surface area contributed by atoms with Crippen LogP contribution in [0.3, 0.4) is 0 Å². The molecule has 1 amide bonds. The topological polar surface area (TPSA) is 75.6 Å². The molecule has 2 rings (SSSR count). The van der Waals surface area contributed by atoms with Gasteiger partial charge in [0, 0.05) is 7.11 Å². The smallest absolute Gasteiger partial charge is 0.308 e. The number of ether oxygens (including phenoxy) is 1. The maximum atomic E-state index is 12.7. The largest absolute Gasteiger partial charge is 0.481 e. The fourth-order valence-electron chi connectivity index (χ4n) is 2.66. The zero-order valence-corrected chi connectivity index (χ0v) is 14.6. The van der Waals surface area contributed by atoms with Crippen LogP contribution in [0.4, 0.5) is 0 Å². The van der Waals surface area contributed by atoms with Crippen LogP contribution in [0.15, 0.2) is 54.6 Å². The Morgan fingerprint density at radius 3 is 2.12 bits per heavy atom. The highest BCUT2D eigenvalue weighted by atomic mass is 16.5. The lowest BCUT2D eigenvalue weighted by Gasteiger charge is -2.25. The Kier molecular flexibility index (Phi) is 6.31. The van der Waals surface area contributed by atoms with Gasteiger partial charge in [-0.2, -0.15) is 0 Å². The number of aliphatic carboxylic acids is 1. The lowest BCUT2D eigenvalue weighted by atomic mass is 9.93. The van der Waals surface area contributed by atoms with Gasteiger partial charge in [0.25, 0.3) is 5.91 Å². The quantitative estimate of drug-likeness (QED) is 0.810. The third kappa shape index (κ3) is 4.67. The molecule has 0 spiro atoms. The van der Waals surface area contributed by atoms with Crippen LogP contribution >= 0.6 is 0 Å². The van der Waals surface area contributed by atoms with Crippen LogP contribution in [0.2, 0.25) is 0 Å². The summed E-state index contributed by atoms with van der Waals surface area (Å²) in [6.45, 7) is 3.53. The van der Waals surface area contributed by atoms with E-state index in [0.29, 0.717) is 5.56 Å². The molecule has 2 aromatic rings. The van der Waals surface area contributed by atoms with E-state index in [2.05, 4.69) is 5.32 Å². The number of carboxylic acid groups (broad SMARTS) is 1. The maximum absolute atomic E-state index is 12.7. The average Bonchev–Trinajstić information content (AvgIpc) is 2.61. The standard InChI is InChI=1S/C20H23NO4/c1-13-9-11-15(12-10-13)17(14(2)20(23)24)21-19(22)18(25-3)16-7-5-4-6-8-16/h4-12,14,17-18H,1-3H3,(H,21,22)(H,23,24)/t14-,17+,18-/m1/s1. The summed E-state index contributed by atoms with van der Waals surface area (Å²) in [7, 11) is 1.46. The molecule has 2 N–H and O–H groups in total. The van der Waals surface area contributed by atoms with Crippen molar-refractivity contribution in [2.75, 3.05) is 7.11 Å². The number of carboxylic acids is 1. The van der Waals surface area contributed by atoms with Crippen molar-refractivity contribution < 1.29 is 19.4 Å². The Labute approximate surface area is 147 Å². The van der Waals surface area contributed by atoms with Gasteiger partial charge in [0.05, 0.1) is 12.0 Å². The molecule has 0 saturated carbocycles. The van der Waals surface area contributed by atoms with E-state index in [-0.39, 0.29) is 5.91 Å². The monoisotopic (exact) mass is 341 g/mol. The normalized spacial score (nSPS) is 14.4. The van der Waals surface area contributed by atoms with E-state index in [4.69, 9.17) is 4.74 Å². The van der Waals surface area contributed by atoms with Crippen LogP contribution < -0.4 is 5.32 Å². The highest BCUT2D eigenvalue weighted by Gasteiger charge is 2.30. The van der Waals surface area contributed by atoms with E-state index < -0.39 is 24.0 Å². The van der Waals surface area contributed by atoms with Crippen LogP contribution in [0, 0.1) is 12.8 Å². The molecule has 132 valence electrons. The van der Waals surface area contributed by atoms with Gasteiger partial charge in [-0.15, -0.1) is 0 Å². The van der Waals surface area contributed by atoms with Crippen LogP contribution in [0.25, 0.3) is 0 Å². The van der Waals surface area contributed by atoms with Crippen molar-refractivity contribution >= 4 is 11.9 Å². The number of aryl methyl sites for hydroxylation is 1. The number of carbonyl (C=O) groups is 2. The molecule has 0 aromatic heterocycles. The van der Waals surface area contributed by atoms with Crippen molar-refractivity contribution in [3.05, 3.63) is 71.3 Å². The van der Waals surface area contributed by atoms with Gasteiger partial charge in [0.1, 0.15) is 0 Å². The molecule has 5 nitrogen and oxygen atoms in total. The molecule has 0 saturated heterocycles. The molecule has 0 aliphatic heterocycles. The number of nitrogens with one attached hydrogen (secondary N) is 1. The van der Waals surface area contributed by atoms with Crippen LogP contribution in [-0.2, 0) is 14.3 Å². The van der Waals surface area contributed by atoms with E-state index >= 15 is 0 Å². The Morgan fingerprint density at radius 2 is 1.60 bits per heavy atom. The number of methoxy groups -OCH3 is 1. The fraction of sp³-hybridized carbons (Fsp3) is 0.300. The van der Waals surface area contributed by atoms with Crippen molar-refractivity contribution in [2.45, 2.75) is 26.0 Å². The Balaban J connectivity index is 2.27. The number of amides is 1. The third-order valence-corrected chi connectivity index (χ3v) is 4.20. The van der Waals surface area contributed by atoms with Gasteiger partial charge in [-0.3, -0.25) is 9.59 Å². The van der Waals surface area contributed by atoms with Crippen LogP contribution in [0.1, 0.15) is 35.8 Å². The lowest BCUT2D eigenvalue weighted by Crippen LogP contribution is -2.38. The first-order valence-corrected chi connectivity index (χ1v) is 8.11. The predicted octanol–water partition coefficient (Wildman–Crippen LogP) is 3.26. The van der Waals surface area contributed by atoms with E-state index in [1.165, 1.54) is 7.11 Å². The summed E-state index contributed by atoms with van der Waals surface area (Å²) in [5.74, 6) is -2.12. The van der Waals surface area contributed by atoms with Crippen molar-refractivity contribution in [2.24, 2.45) is 5.92 Å². The lowest BCUT2D eigenvalue weighted by molar-refractivity contribution is -0.143. The van der Waals surface area contributed by atoms with E-state index in [9.17, 15) is 14.7 Å². The minimum absolute atomic E-state index is 0.368. The molecule has 0 radical (unpaired) electrons. The van der Waals surface area contributed by atoms with Gasteiger partial charge >= 0.3 is 5.97 Å². The maximum Gasteiger partial charge on any atom is 0.308 e. The fourth-order valence-corrected chi connectivity index (χ4v) is 2.66. The molecule has 0 fully saturated rings. The SMILES string of the molecule is CO[C@@H](C(=O)N[C@H](c1ccc(C)cc1)[C@@H](C)C(=O)O)c1ccccc1. The summed E-state index contributed by atoms with van der Waals surface area (Å²) in [5, 5.41) is 12.3. The molecule has 0 unspecified atom stereocenters. The minimum Gasteiger partial charge on any atom is -0.481 e. The first-order chi connectivity index (χ1) is 11.9. The van der Waals surface area contributed by atoms with Crippen molar-refractivity contribution in [1.29, 1.82) is 0 Å². The van der Waals surface area contributed by atoms with Crippen LogP contribution in [0.5, 0.6) is 0 Å². The summed E-state index contributed by atoms with van der Waals surface area (Å²) in [4.78, 5) is 24.2. The first-order valence-electron chi connectivity index (χ1n) is 8.11. The zero-order chi connectivity index (χ0) is 18.4. The molecule has 0 bridgehead atoms. The number of benzene rings is 2. The molecular formula is C20H23NO4. The van der Waals surface area contributed by atoms with Gasteiger partial charge in [-0.25, -0.2) is 0 Å². The van der Waals surface area contributed by atoms with E-state index in [0.717, 1.165) is 11.1 Å². The average molecular weight is 341 g/mol.